The fourth-order valence-corrected chi connectivity index (χ4v) is 1.20. The quantitative estimate of drug-likeness (QED) is 0.397. The van der Waals surface area contributed by atoms with E-state index in [0.29, 0.717) is 6.92 Å². The predicted molar refractivity (Wildman–Crippen MR) is 58.7 cm³/mol. The van der Waals surface area contributed by atoms with E-state index in [1.807, 2.05) is 9.47 Å². The Labute approximate surface area is 145 Å². The number of halogens is 13. The Hall–Kier alpha value is -1.78. The highest BCUT2D eigenvalue weighted by molar-refractivity contribution is 5.78. The molecule has 0 saturated carbocycles. The van der Waals surface area contributed by atoms with Crippen LogP contribution in [0.3, 0.4) is 0 Å². The predicted octanol–water partition coefficient (Wildman–Crippen LogP) is 4.71. The van der Waals surface area contributed by atoms with E-state index in [1.165, 1.54) is 0 Å². The van der Waals surface area contributed by atoms with Gasteiger partial charge < -0.3 is 4.74 Å². The van der Waals surface area contributed by atoms with Gasteiger partial charge in [-0.2, -0.15) is 52.7 Å². The Morgan fingerprint density at radius 2 is 1.25 bits per heavy atom. The van der Waals surface area contributed by atoms with Gasteiger partial charge in [0, 0.05) is 0 Å². The van der Waals surface area contributed by atoms with Gasteiger partial charge in [0.1, 0.15) is 0 Å². The van der Waals surface area contributed by atoms with Crippen LogP contribution in [0.15, 0.2) is 12.4 Å². The fraction of sp³-hybridized carbons (Fsp3) is 0.727. The smallest absolute Gasteiger partial charge is 0.460 e. The normalized spacial score (nSPS) is 18.2. The molecular formula is C11H7F13O4. The van der Waals surface area contributed by atoms with E-state index < -0.39 is 54.7 Å². The molecule has 2 atom stereocenters. The minimum Gasteiger partial charge on any atom is -0.462 e. The van der Waals surface area contributed by atoms with Gasteiger partial charge in [0.05, 0.1) is 6.61 Å². The lowest BCUT2D eigenvalue weighted by molar-refractivity contribution is -0.522. The van der Waals surface area contributed by atoms with Crippen molar-refractivity contribution in [3.8, 4) is 0 Å². The molecule has 0 aromatic heterocycles. The Balaban J connectivity index is 6.43. The molecule has 0 bridgehead atoms. The molecule has 0 spiro atoms. The van der Waals surface area contributed by atoms with Crippen LogP contribution in [-0.2, 0) is 19.0 Å². The van der Waals surface area contributed by atoms with E-state index in [1.54, 1.807) is 6.58 Å². The summed E-state index contributed by atoms with van der Waals surface area (Å²) in [5, 5.41) is 0. The summed E-state index contributed by atoms with van der Waals surface area (Å²) >= 11 is 0. The Morgan fingerprint density at radius 3 is 1.54 bits per heavy atom. The number of esters is 1. The summed E-state index contributed by atoms with van der Waals surface area (Å²) in [5.41, 5.74) is 0. The molecule has 0 aliphatic rings. The number of rotatable bonds is 8. The van der Waals surface area contributed by atoms with Crippen LogP contribution in [0.4, 0.5) is 57.1 Å². The van der Waals surface area contributed by atoms with Gasteiger partial charge in [-0.25, -0.2) is 9.18 Å². The summed E-state index contributed by atoms with van der Waals surface area (Å²) in [4.78, 5) is 10.9. The molecule has 0 aromatic rings. The van der Waals surface area contributed by atoms with Gasteiger partial charge in [-0.3, -0.25) is 9.47 Å². The molecule has 0 saturated heterocycles. The van der Waals surface area contributed by atoms with Crippen LogP contribution >= 0.6 is 0 Å². The van der Waals surface area contributed by atoms with Crippen LogP contribution < -0.4 is 0 Å². The minimum atomic E-state index is -7.38. The topological polar surface area (TPSA) is 44.8 Å². The van der Waals surface area contributed by atoms with Crippen LogP contribution in [0.5, 0.6) is 0 Å². The molecule has 28 heavy (non-hydrogen) atoms. The molecule has 0 rings (SSSR count). The maximum Gasteiger partial charge on any atom is 0.460 e. The third-order valence-electron chi connectivity index (χ3n) is 2.49. The van der Waals surface area contributed by atoms with Crippen molar-refractivity contribution >= 4 is 5.97 Å². The molecule has 17 heteroatoms. The molecule has 0 aromatic carbocycles. The lowest BCUT2D eigenvalue weighted by Gasteiger charge is -2.38. The highest BCUT2D eigenvalue weighted by atomic mass is 19.4. The van der Waals surface area contributed by atoms with Crippen molar-refractivity contribution in [2.45, 2.75) is 43.2 Å². The summed E-state index contributed by atoms with van der Waals surface area (Å²) in [5.74, 6) is -20.5. The number of hydrogen-bond acceptors (Lipinski definition) is 4. The third kappa shape index (κ3) is 4.79. The number of alkyl halides is 12. The Kier molecular flexibility index (Phi) is 7.08. The van der Waals surface area contributed by atoms with Crippen LogP contribution in [0.2, 0.25) is 0 Å². The second kappa shape index (κ2) is 7.57. The maximum absolute atomic E-state index is 13.7. The summed E-state index contributed by atoms with van der Waals surface area (Å²) in [6.07, 6.45) is -27.8. The lowest BCUT2D eigenvalue weighted by atomic mass is 10.2. The first-order valence-corrected chi connectivity index (χ1v) is 6.28. The summed E-state index contributed by atoms with van der Waals surface area (Å²) in [7, 11) is 0. The summed E-state index contributed by atoms with van der Waals surface area (Å²) < 4.78 is 175. The summed E-state index contributed by atoms with van der Waals surface area (Å²) in [6, 6.07) is 0. The highest BCUT2D eigenvalue weighted by Crippen LogP contribution is 2.53. The van der Waals surface area contributed by atoms with Crippen LogP contribution in [0.1, 0.15) is 6.92 Å². The molecule has 0 fully saturated rings. The van der Waals surface area contributed by atoms with Crippen molar-refractivity contribution in [2.75, 3.05) is 6.61 Å². The SMILES string of the molecule is C=C(F)C(F)(F)OC(F)(C(F)(F)F)C(F)(F)OC(F)(C(=O)OCC)C(F)(F)F. The molecule has 0 radical (unpaired) electrons. The number of carbonyl (C=O) groups is 1. The van der Waals surface area contributed by atoms with E-state index in [2.05, 4.69) is 4.74 Å². The van der Waals surface area contributed by atoms with Gasteiger partial charge in [-0.15, -0.1) is 0 Å². The van der Waals surface area contributed by atoms with Gasteiger partial charge in [0.15, 0.2) is 5.83 Å². The molecule has 0 aliphatic carbocycles. The van der Waals surface area contributed by atoms with Gasteiger partial charge in [-0.1, -0.05) is 6.58 Å². The lowest BCUT2D eigenvalue weighted by Crippen LogP contribution is -2.65. The maximum atomic E-state index is 13.7. The highest BCUT2D eigenvalue weighted by Gasteiger charge is 2.82. The number of hydrogen-bond donors (Lipinski definition) is 0. The molecule has 4 nitrogen and oxygen atoms in total. The first kappa shape index (κ1) is 26.2. The fourth-order valence-electron chi connectivity index (χ4n) is 1.20. The molecule has 166 valence electrons. The van der Waals surface area contributed by atoms with Crippen molar-refractivity contribution < 1.29 is 76.1 Å². The van der Waals surface area contributed by atoms with Gasteiger partial charge in [0.25, 0.3) is 0 Å². The minimum absolute atomic E-state index is 0.693. The first-order valence-electron chi connectivity index (χ1n) is 6.28. The third-order valence-corrected chi connectivity index (χ3v) is 2.49. The van der Waals surface area contributed by atoms with E-state index >= 15 is 0 Å². The molecule has 0 aliphatic heterocycles. The first-order chi connectivity index (χ1) is 12.1. The van der Waals surface area contributed by atoms with Crippen molar-refractivity contribution in [3.63, 3.8) is 0 Å². The molecule has 0 heterocycles. The average Bonchev–Trinajstić information content (AvgIpc) is 2.43. The van der Waals surface area contributed by atoms with E-state index in [0.717, 1.165) is 0 Å². The second-order valence-electron chi connectivity index (χ2n) is 4.55. The van der Waals surface area contributed by atoms with Crippen LogP contribution in [-0.4, -0.2) is 48.9 Å². The molecular weight excluding hydrogens is 443 g/mol. The molecule has 0 N–H and O–H groups in total. The Bertz CT molecular complexity index is 598. The van der Waals surface area contributed by atoms with Gasteiger partial charge >= 0.3 is 42.2 Å². The van der Waals surface area contributed by atoms with Gasteiger partial charge in [-0.05, 0) is 6.92 Å². The second-order valence-corrected chi connectivity index (χ2v) is 4.55. The molecule has 2 unspecified atom stereocenters. The Morgan fingerprint density at radius 1 is 0.821 bits per heavy atom. The van der Waals surface area contributed by atoms with E-state index in [4.69, 9.17) is 0 Å². The van der Waals surface area contributed by atoms with Crippen molar-refractivity contribution in [1.29, 1.82) is 0 Å². The standard InChI is InChI=1S/C11H7F13O4/c1-3-26-5(25)6(13,9(17,18)19)27-11(23,24)8(16,10(20,21)22)28-7(14,15)4(2)12/h2-3H2,1H3. The number of carbonyl (C=O) groups excluding carboxylic acids is 1. The summed E-state index contributed by atoms with van der Waals surface area (Å²) in [6.45, 7) is 1.18. The van der Waals surface area contributed by atoms with E-state index in [9.17, 15) is 61.9 Å². The monoisotopic (exact) mass is 450 g/mol. The van der Waals surface area contributed by atoms with Crippen molar-refractivity contribution in [1.82, 2.24) is 0 Å². The van der Waals surface area contributed by atoms with Crippen molar-refractivity contribution in [2.24, 2.45) is 0 Å². The zero-order chi connectivity index (χ0) is 23.0. The van der Waals surface area contributed by atoms with E-state index in [-0.39, 0.29) is 0 Å². The van der Waals surface area contributed by atoms with Gasteiger partial charge in [0.2, 0.25) is 0 Å². The van der Waals surface area contributed by atoms with Crippen molar-refractivity contribution in [3.05, 3.63) is 12.4 Å². The zero-order valence-electron chi connectivity index (χ0n) is 13.0. The molecule has 0 amide bonds. The largest absolute Gasteiger partial charge is 0.462 e. The number of ether oxygens (including phenoxy) is 3. The van der Waals surface area contributed by atoms with Crippen LogP contribution in [0, 0.1) is 0 Å². The van der Waals surface area contributed by atoms with Crippen LogP contribution in [0.25, 0.3) is 0 Å². The zero-order valence-corrected chi connectivity index (χ0v) is 13.0. The average molecular weight is 450 g/mol.